The molecular weight excluding hydrogens is 446 g/mol. The number of piperazine rings is 1. The molecule has 0 bridgehead atoms. The maximum absolute atomic E-state index is 13.1. The van der Waals surface area contributed by atoms with E-state index in [-0.39, 0.29) is 19.2 Å². The van der Waals surface area contributed by atoms with Crippen molar-refractivity contribution in [2.24, 2.45) is 0 Å². The second kappa shape index (κ2) is 9.27. The smallest absolute Gasteiger partial charge is 0.264 e. The van der Waals surface area contributed by atoms with E-state index in [1.807, 2.05) is 70.3 Å². The molecule has 0 N–H and O–H groups in total. The van der Waals surface area contributed by atoms with Crippen LogP contribution in [0.5, 0.6) is 11.5 Å². The van der Waals surface area contributed by atoms with E-state index in [2.05, 4.69) is 21.2 Å². The highest BCUT2D eigenvalue weighted by Gasteiger charge is 2.23. The van der Waals surface area contributed by atoms with Crippen molar-refractivity contribution in [3.8, 4) is 34.5 Å². The highest BCUT2D eigenvalue weighted by Crippen LogP contribution is 2.33. The molecule has 35 heavy (non-hydrogen) atoms. The van der Waals surface area contributed by atoms with Gasteiger partial charge in [-0.1, -0.05) is 24.3 Å². The molecule has 9 heteroatoms. The summed E-state index contributed by atoms with van der Waals surface area (Å²) in [4.78, 5) is 17.3. The Morgan fingerprint density at radius 1 is 0.857 bits per heavy atom. The first kappa shape index (κ1) is 21.4. The first-order valence-electron chi connectivity index (χ1n) is 11.7. The highest BCUT2D eigenvalue weighted by atomic mass is 16.7. The third-order valence-electron chi connectivity index (χ3n) is 6.37. The number of carbonyl (C=O) groups excluding carboxylic acids is 1. The molecule has 1 saturated heterocycles. The van der Waals surface area contributed by atoms with Crippen LogP contribution in [0.2, 0.25) is 0 Å². The molecule has 4 heterocycles. The third kappa shape index (κ3) is 4.50. The van der Waals surface area contributed by atoms with Gasteiger partial charge < -0.3 is 23.4 Å². The lowest BCUT2D eigenvalue weighted by Gasteiger charge is -2.35. The quantitative estimate of drug-likeness (QED) is 0.427. The molecule has 1 fully saturated rings. The second-order valence-corrected chi connectivity index (χ2v) is 8.64. The first-order valence-corrected chi connectivity index (χ1v) is 11.7. The lowest BCUT2D eigenvalue weighted by Crippen LogP contribution is -2.49. The van der Waals surface area contributed by atoms with Crippen LogP contribution in [0.3, 0.4) is 0 Å². The number of hydrogen-bond donors (Lipinski definition) is 0. The molecule has 2 aliphatic heterocycles. The van der Waals surface area contributed by atoms with Crippen LogP contribution in [0.15, 0.2) is 71.3 Å². The molecule has 2 aromatic carbocycles. The topological polar surface area (TPSA) is 85.9 Å². The number of hydrogen-bond acceptors (Lipinski definition) is 7. The fourth-order valence-corrected chi connectivity index (χ4v) is 4.47. The predicted octanol–water partition coefficient (Wildman–Crippen LogP) is 3.28. The van der Waals surface area contributed by atoms with Crippen molar-refractivity contribution in [1.29, 1.82) is 0 Å². The minimum absolute atomic E-state index is 0.0768. The van der Waals surface area contributed by atoms with Gasteiger partial charge in [-0.25, -0.2) is 0 Å². The minimum Gasteiger partial charge on any atom is -0.454 e. The summed E-state index contributed by atoms with van der Waals surface area (Å²) < 4.78 is 18.6. The SMILES string of the molecule is O=C(Cn1cccc1-c1nnc(-c2ccccc2)o1)N1CCN(Cc2ccc3c(c2)OCO3)CC1. The van der Waals surface area contributed by atoms with Gasteiger partial charge in [0.2, 0.25) is 18.6 Å². The van der Waals surface area contributed by atoms with Crippen molar-refractivity contribution in [2.45, 2.75) is 13.1 Å². The Morgan fingerprint density at radius 2 is 1.66 bits per heavy atom. The summed E-state index contributed by atoms with van der Waals surface area (Å²) in [6.45, 7) is 4.36. The zero-order chi connectivity index (χ0) is 23.6. The van der Waals surface area contributed by atoms with Crippen molar-refractivity contribution < 1.29 is 18.7 Å². The molecule has 2 aliphatic rings. The highest BCUT2D eigenvalue weighted by molar-refractivity contribution is 5.77. The number of benzene rings is 2. The largest absolute Gasteiger partial charge is 0.454 e. The summed E-state index contributed by atoms with van der Waals surface area (Å²) in [6, 6.07) is 19.5. The van der Waals surface area contributed by atoms with E-state index in [1.165, 1.54) is 5.56 Å². The van der Waals surface area contributed by atoms with Gasteiger partial charge in [0.15, 0.2) is 11.5 Å². The number of nitrogens with zero attached hydrogens (tertiary/aromatic N) is 5. The van der Waals surface area contributed by atoms with Gasteiger partial charge in [0.1, 0.15) is 12.2 Å². The molecule has 0 aliphatic carbocycles. The van der Waals surface area contributed by atoms with Crippen LogP contribution in [0.25, 0.3) is 23.0 Å². The Hall–Kier alpha value is -4.11. The normalized spacial score (nSPS) is 15.5. The fraction of sp³-hybridized carbons (Fsp3) is 0.269. The number of carbonyl (C=O) groups is 1. The molecule has 0 saturated carbocycles. The summed E-state index contributed by atoms with van der Waals surface area (Å²) in [5, 5.41) is 8.37. The van der Waals surface area contributed by atoms with Crippen molar-refractivity contribution >= 4 is 5.91 Å². The van der Waals surface area contributed by atoms with E-state index in [1.54, 1.807) is 0 Å². The van der Waals surface area contributed by atoms with Crippen molar-refractivity contribution in [1.82, 2.24) is 24.6 Å². The second-order valence-electron chi connectivity index (χ2n) is 8.64. The summed E-state index contributed by atoms with van der Waals surface area (Å²) in [5.41, 5.74) is 2.77. The Labute approximate surface area is 202 Å². The molecule has 4 aromatic rings. The third-order valence-corrected chi connectivity index (χ3v) is 6.37. The molecule has 9 nitrogen and oxygen atoms in total. The van der Waals surface area contributed by atoms with Gasteiger partial charge in [-0.05, 0) is 42.0 Å². The number of rotatable bonds is 6. The molecule has 1 amide bonds. The molecule has 0 radical (unpaired) electrons. The molecule has 0 unspecified atom stereocenters. The summed E-state index contributed by atoms with van der Waals surface area (Å²) >= 11 is 0. The lowest BCUT2D eigenvalue weighted by atomic mass is 10.1. The van der Waals surface area contributed by atoms with Crippen molar-refractivity contribution in [2.75, 3.05) is 33.0 Å². The van der Waals surface area contributed by atoms with Crippen LogP contribution in [-0.2, 0) is 17.9 Å². The summed E-state index contributed by atoms with van der Waals surface area (Å²) in [5.74, 6) is 2.53. The van der Waals surface area contributed by atoms with Crippen LogP contribution >= 0.6 is 0 Å². The Kier molecular flexibility index (Phi) is 5.67. The van der Waals surface area contributed by atoms with Gasteiger partial charge in [-0.2, -0.15) is 0 Å². The van der Waals surface area contributed by atoms with Gasteiger partial charge in [0, 0.05) is 44.5 Å². The molecule has 2 aromatic heterocycles. The maximum Gasteiger partial charge on any atom is 0.264 e. The van der Waals surface area contributed by atoms with Crippen LogP contribution in [0, 0.1) is 0 Å². The van der Waals surface area contributed by atoms with E-state index in [0.717, 1.165) is 42.4 Å². The van der Waals surface area contributed by atoms with E-state index >= 15 is 0 Å². The summed E-state index contributed by atoms with van der Waals surface area (Å²) in [7, 11) is 0. The Morgan fingerprint density at radius 3 is 2.51 bits per heavy atom. The van der Waals surface area contributed by atoms with Crippen molar-refractivity contribution in [3.63, 3.8) is 0 Å². The maximum atomic E-state index is 13.1. The predicted molar refractivity (Wildman–Crippen MR) is 128 cm³/mol. The first-order chi connectivity index (χ1) is 17.2. The van der Waals surface area contributed by atoms with Gasteiger partial charge >= 0.3 is 0 Å². The van der Waals surface area contributed by atoms with E-state index in [0.29, 0.717) is 24.9 Å². The average Bonchev–Trinajstić information content (AvgIpc) is 3.65. The van der Waals surface area contributed by atoms with Gasteiger partial charge in [0.05, 0.1) is 0 Å². The van der Waals surface area contributed by atoms with Gasteiger partial charge in [0.25, 0.3) is 5.89 Å². The Balaban J connectivity index is 1.06. The van der Waals surface area contributed by atoms with Crippen molar-refractivity contribution in [3.05, 3.63) is 72.4 Å². The van der Waals surface area contributed by atoms with Crippen LogP contribution in [0.4, 0.5) is 0 Å². The average molecular weight is 472 g/mol. The van der Waals surface area contributed by atoms with E-state index < -0.39 is 0 Å². The molecule has 0 atom stereocenters. The van der Waals surface area contributed by atoms with Crippen LogP contribution < -0.4 is 9.47 Å². The summed E-state index contributed by atoms with van der Waals surface area (Å²) in [6.07, 6.45) is 1.87. The van der Waals surface area contributed by atoms with Gasteiger partial charge in [-0.15, -0.1) is 10.2 Å². The van der Waals surface area contributed by atoms with E-state index in [9.17, 15) is 4.79 Å². The number of aromatic nitrogens is 3. The number of ether oxygens (including phenoxy) is 2. The van der Waals surface area contributed by atoms with Crippen LogP contribution in [0.1, 0.15) is 5.56 Å². The zero-order valence-electron chi connectivity index (χ0n) is 19.2. The standard InChI is InChI=1S/C26H25N5O4/c32-24(30-13-11-29(12-14-30)16-19-8-9-22-23(15-19)34-18-33-22)17-31-10-4-7-21(31)26-28-27-25(35-26)20-5-2-1-3-6-20/h1-10,15H,11-14,16-18H2. The molecular formula is C26H25N5O4. The monoisotopic (exact) mass is 471 g/mol. The zero-order valence-corrected chi connectivity index (χ0v) is 19.2. The molecule has 6 rings (SSSR count). The number of fused-ring (bicyclic) bond motifs is 1. The molecule has 0 spiro atoms. The fourth-order valence-electron chi connectivity index (χ4n) is 4.47. The molecule has 178 valence electrons. The number of amides is 1. The van der Waals surface area contributed by atoms with Crippen LogP contribution in [-0.4, -0.2) is 63.4 Å². The Bertz CT molecular complexity index is 1320. The van der Waals surface area contributed by atoms with Gasteiger partial charge in [-0.3, -0.25) is 9.69 Å². The van der Waals surface area contributed by atoms with E-state index in [4.69, 9.17) is 13.9 Å². The lowest BCUT2D eigenvalue weighted by molar-refractivity contribution is -0.133. The minimum atomic E-state index is 0.0768.